The lowest BCUT2D eigenvalue weighted by molar-refractivity contribution is 0.260. The summed E-state index contributed by atoms with van der Waals surface area (Å²) in [5.41, 5.74) is 8.18. The van der Waals surface area contributed by atoms with Crippen LogP contribution in [0.4, 0.5) is 0 Å². The van der Waals surface area contributed by atoms with Crippen molar-refractivity contribution in [3.05, 3.63) is 34.9 Å². The Morgan fingerprint density at radius 1 is 1.07 bits per heavy atom. The lowest BCUT2D eigenvalue weighted by Gasteiger charge is -2.07. The van der Waals surface area contributed by atoms with Gasteiger partial charge in [-0.05, 0) is 36.1 Å². The molecule has 4 N–H and O–H groups in total. The first-order valence-corrected chi connectivity index (χ1v) is 4.84. The van der Waals surface area contributed by atoms with Crippen LogP contribution in [-0.2, 0) is 19.6 Å². The Labute approximate surface area is 84.2 Å². The molecular weight excluding hydrogens is 178 g/mol. The van der Waals surface area contributed by atoms with Crippen molar-refractivity contribution in [2.24, 2.45) is 5.73 Å². The van der Waals surface area contributed by atoms with Gasteiger partial charge in [-0.1, -0.05) is 18.2 Å². The second-order valence-electron chi connectivity index (χ2n) is 3.31. The van der Waals surface area contributed by atoms with Crippen LogP contribution in [0.3, 0.4) is 0 Å². The summed E-state index contributed by atoms with van der Waals surface area (Å²) in [4.78, 5) is 0. The standard InChI is InChI=1S/C11H17NO2/c12-5-1-2-9-3-4-10(7-13)11(6-9)8-14/h3-4,6,13-14H,1-2,5,7-8,12H2. The molecule has 3 heteroatoms. The molecule has 14 heavy (non-hydrogen) atoms. The third kappa shape index (κ3) is 2.80. The highest BCUT2D eigenvalue weighted by Crippen LogP contribution is 2.13. The Kier molecular flexibility index (Phi) is 4.59. The van der Waals surface area contributed by atoms with E-state index in [0.717, 1.165) is 29.5 Å². The quantitative estimate of drug-likeness (QED) is 0.643. The molecule has 0 fully saturated rings. The fraction of sp³-hybridized carbons (Fsp3) is 0.455. The number of benzene rings is 1. The van der Waals surface area contributed by atoms with Gasteiger partial charge < -0.3 is 15.9 Å². The first-order chi connectivity index (χ1) is 6.81. The molecule has 0 heterocycles. The van der Waals surface area contributed by atoms with Gasteiger partial charge in [0.15, 0.2) is 0 Å². The maximum Gasteiger partial charge on any atom is 0.0685 e. The lowest BCUT2D eigenvalue weighted by Crippen LogP contribution is -2.01. The van der Waals surface area contributed by atoms with Crippen LogP contribution in [0, 0.1) is 0 Å². The number of hydrogen-bond donors (Lipinski definition) is 3. The van der Waals surface area contributed by atoms with E-state index in [1.807, 2.05) is 18.2 Å². The second-order valence-corrected chi connectivity index (χ2v) is 3.31. The number of aryl methyl sites for hydroxylation is 1. The smallest absolute Gasteiger partial charge is 0.0685 e. The highest BCUT2D eigenvalue weighted by Gasteiger charge is 2.01. The van der Waals surface area contributed by atoms with E-state index >= 15 is 0 Å². The fourth-order valence-electron chi connectivity index (χ4n) is 1.44. The van der Waals surface area contributed by atoms with Crippen molar-refractivity contribution >= 4 is 0 Å². The van der Waals surface area contributed by atoms with E-state index in [4.69, 9.17) is 15.9 Å². The molecule has 3 nitrogen and oxygen atoms in total. The van der Waals surface area contributed by atoms with Crippen molar-refractivity contribution < 1.29 is 10.2 Å². The normalized spacial score (nSPS) is 10.5. The minimum atomic E-state index is -0.0215. The summed E-state index contributed by atoms with van der Waals surface area (Å²) >= 11 is 0. The fourth-order valence-corrected chi connectivity index (χ4v) is 1.44. The van der Waals surface area contributed by atoms with Gasteiger partial charge in [0.2, 0.25) is 0 Å². The van der Waals surface area contributed by atoms with Crippen LogP contribution >= 0.6 is 0 Å². The molecule has 0 aromatic heterocycles. The highest BCUT2D eigenvalue weighted by atomic mass is 16.3. The Balaban J connectivity index is 2.79. The summed E-state index contributed by atoms with van der Waals surface area (Å²) in [6.07, 6.45) is 1.87. The third-order valence-electron chi connectivity index (χ3n) is 2.28. The van der Waals surface area contributed by atoms with Crippen LogP contribution in [0.5, 0.6) is 0 Å². The largest absolute Gasteiger partial charge is 0.392 e. The van der Waals surface area contributed by atoms with Gasteiger partial charge in [0.05, 0.1) is 13.2 Å². The van der Waals surface area contributed by atoms with Crippen molar-refractivity contribution in [1.82, 2.24) is 0 Å². The molecular formula is C11H17NO2. The van der Waals surface area contributed by atoms with E-state index in [1.54, 1.807) is 0 Å². The minimum absolute atomic E-state index is 0.0208. The van der Waals surface area contributed by atoms with E-state index in [9.17, 15) is 0 Å². The van der Waals surface area contributed by atoms with Gasteiger partial charge >= 0.3 is 0 Å². The van der Waals surface area contributed by atoms with Gasteiger partial charge in [-0.2, -0.15) is 0 Å². The summed E-state index contributed by atoms with van der Waals surface area (Å²) in [5, 5.41) is 18.0. The SMILES string of the molecule is NCCCc1ccc(CO)c(CO)c1. The summed E-state index contributed by atoms with van der Waals surface area (Å²) in [5.74, 6) is 0. The van der Waals surface area contributed by atoms with E-state index in [-0.39, 0.29) is 13.2 Å². The Morgan fingerprint density at radius 2 is 1.79 bits per heavy atom. The van der Waals surface area contributed by atoms with Crippen LogP contribution in [0.15, 0.2) is 18.2 Å². The molecule has 0 aliphatic carbocycles. The first-order valence-electron chi connectivity index (χ1n) is 4.84. The van der Waals surface area contributed by atoms with E-state index in [2.05, 4.69) is 0 Å². The molecule has 78 valence electrons. The molecule has 1 rings (SSSR count). The highest BCUT2D eigenvalue weighted by molar-refractivity contribution is 5.31. The summed E-state index contributed by atoms with van der Waals surface area (Å²) in [6, 6.07) is 5.76. The molecule has 0 atom stereocenters. The summed E-state index contributed by atoms with van der Waals surface area (Å²) < 4.78 is 0. The van der Waals surface area contributed by atoms with Crippen molar-refractivity contribution in [2.45, 2.75) is 26.1 Å². The zero-order chi connectivity index (χ0) is 10.4. The third-order valence-corrected chi connectivity index (χ3v) is 2.28. The van der Waals surface area contributed by atoms with Crippen molar-refractivity contribution in [2.75, 3.05) is 6.54 Å². The molecule has 0 spiro atoms. The topological polar surface area (TPSA) is 66.5 Å². The van der Waals surface area contributed by atoms with Gasteiger partial charge in [0.25, 0.3) is 0 Å². The van der Waals surface area contributed by atoms with Gasteiger partial charge in [0.1, 0.15) is 0 Å². The minimum Gasteiger partial charge on any atom is -0.392 e. The van der Waals surface area contributed by atoms with Crippen LogP contribution in [-0.4, -0.2) is 16.8 Å². The van der Waals surface area contributed by atoms with Crippen molar-refractivity contribution in [1.29, 1.82) is 0 Å². The maximum absolute atomic E-state index is 9.06. The summed E-state index contributed by atoms with van der Waals surface area (Å²) in [6.45, 7) is 0.635. The lowest BCUT2D eigenvalue weighted by atomic mass is 10.0. The molecule has 0 bridgehead atoms. The number of rotatable bonds is 5. The molecule has 1 aromatic carbocycles. The zero-order valence-corrected chi connectivity index (χ0v) is 8.24. The van der Waals surface area contributed by atoms with E-state index < -0.39 is 0 Å². The van der Waals surface area contributed by atoms with Gasteiger partial charge in [0, 0.05) is 0 Å². The van der Waals surface area contributed by atoms with E-state index in [0.29, 0.717) is 6.54 Å². The molecule has 0 aliphatic rings. The number of aliphatic hydroxyl groups is 2. The molecule has 0 saturated heterocycles. The molecule has 0 amide bonds. The van der Waals surface area contributed by atoms with Crippen molar-refractivity contribution in [3.63, 3.8) is 0 Å². The average Bonchev–Trinajstić information content (AvgIpc) is 2.25. The molecule has 0 radical (unpaired) electrons. The average molecular weight is 195 g/mol. The Bertz CT molecular complexity index is 287. The van der Waals surface area contributed by atoms with Gasteiger partial charge in [-0.25, -0.2) is 0 Å². The molecule has 0 unspecified atom stereocenters. The number of hydrogen-bond acceptors (Lipinski definition) is 3. The Hall–Kier alpha value is -0.900. The monoisotopic (exact) mass is 195 g/mol. The van der Waals surface area contributed by atoms with Crippen LogP contribution < -0.4 is 5.73 Å². The van der Waals surface area contributed by atoms with Crippen molar-refractivity contribution in [3.8, 4) is 0 Å². The first kappa shape index (κ1) is 11.2. The molecule has 0 aliphatic heterocycles. The number of nitrogens with two attached hydrogens (primary N) is 1. The Morgan fingerprint density at radius 3 is 2.36 bits per heavy atom. The molecule has 1 aromatic rings. The van der Waals surface area contributed by atoms with Crippen LogP contribution in [0.25, 0.3) is 0 Å². The van der Waals surface area contributed by atoms with E-state index in [1.165, 1.54) is 0 Å². The number of aliphatic hydroxyl groups excluding tert-OH is 2. The molecule has 0 saturated carbocycles. The summed E-state index contributed by atoms with van der Waals surface area (Å²) in [7, 11) is 0. The zero-order valence-electron chi connectivity index (χ0n) is 8.24. The van der Waals surface area contributed by atoms with Gasteiger partial charge in [-0.15, -0.1) is 0 Å². The maximum atomic E-state index is 9.06. The predicted octanol–water partition coefficient (Wildman–Crippen LogP) is 0.563. The van der Waals surface area contributed by atoms with Crippen LogP contribution in [0.2, 0.25) is 0 Å². The van der Waals surface area contributed by atoms with Crippen LogP contribution in [0.1, 0.15) is 23.1 Å². The predicted molar refractivity (Wildman–Crippen MR) is 55.7 cm³/mol. The second kappa shape index (κ2) is 5.75. The van der Waals surface area contributed by atoms with Gasteiger partial charge in [-0.3, -0.25) is 0 Å².